The second kappa shape index (κ2) is 4.97. The fourth-order valence-electron chi connectivity index (χ4n) is 1.75. The fourth-order valence-corrected chi connectivity index (χ4v) is 1.75. The van der Waals surface area contributed by atoms with Crippen molar-refractivity contribution in [2.45, 2.75) is 58.5 Å². The van der Waals surface area contributed by atoms with Gasteiger partial charge in [-0.25, -0.2) is 0 Å². The molecule has 1 rings (SSSR count). The Morgan fingerprint density at radius 1 is 1.47 bits per heavy atom. The highest BCUT2D eigenvalue weighted by Gasteiger charge is 2.27. The summed E-state index contributed by atoms with van der Waals surface area (Å²) in [7, 11) is 0. The van der Waals surface area contributed by atoms with Gasteiger partial charge in [0.15, 0.2) is 0 Å². The third kappa shape index (κ3) is 3.82. The molecule has 2 unspecified atom stereocenters. The van der Waals surface area contributed by atoms with Gasteiger partial charge in [0.05, 0.1) is 5.92 Å². The average Bonchev–Trinajstić information content (AvgIpc) is 2.18. The van der Waals surface area contributed by atoms with Crippen molar-refractivity contribution in [2.24, 2.45) is 5.92 Å². The zero-order valence-electron chi connectivity index (χ0n) is 10.4. The zero-order valence-corrected chi connectivity index (χ0v) is 10.4. The van der Waals surface area contributed by atoms with Crippen molar-refractivity contribution in [1.29, 1.82) is 0 Å². The van der Waals surface area contributed by atoms with Crippen LogP contribution >= 0.6 is 0 Å². The number of carbonyl (C=O) groups is 1. The van der Waals surface area contributed by atoms with Gasteiger partial charge in [0, 0.05) is 18.1 Å². The predicted molar refractivity (Wildman–Crippen MR) is 62.7 cm³/mol. The summed E-state index contributed by atoms with van der Waals surface area (Å²) in [6.07, 6.45) is 3.08. The summed E-state index contributed by atoms with van der Waals surface area (Å²) in [5.74, 6) is 0.369. The van der Waals surface area contributed by atoms with Crippen molar-refractivity contribution >= 4 is 5.91 Å². The highest BCUT2D eigenvalue weighted by Crippen LogP contribution is 2.16. The van der Waals surface area contributed by atoms with Gasteiger partial charge in [-0.05, 0) is 40.0 Å². The number of hydrogen-bond acceptors (Lipinski definition) is 2. The lowest BCUT2D eigenvalue weighted by Gasteiger charge is -2.31. The number of hydrogen-bond donors (Lipinski definition) is 2. The molecule has 15 heavy (non-hydrogen) atoms. The first kappa shape index (κ1) is 12.5. The van der Waals surface area contributed by atoms with E-state index in [1.807, 2.05) is 0 Å². The van der Waals surface area contributed by atoms with Gasteiger partial charge in [0.2, 0.25) is 5.91 Å². The van der Waals surface area contributed by atoms with E-state index in [2.05, 4.69) is 38.3 Å². The first-order valence-corrected chi connectivity index (χ1v) is 6.00. The molecule has 2 N–H and O–H groups in total. The lowest BCUT2D eigenvalue weighted by Crippen LogP contribution is -2.50. The molecule has 1 aliphatic heterocycles. The molecule has 1 heterocycles. The molecule has 0 bridgehead atoms. The summed E-state index contributed by atoms with van der Waals surface area (Å²) in [5, 5.41) is 6.47. The molecule has 1 aliphatic rings. The molecule has 0 saturated carbocycles. The van der Waals surface area contributed by atoms with Gasteiger partial charge in [0.1, 0.15) is 0 Å². The lowest BCUT2D eigenvalue weighted by molar-refractivity contribution is -0.127. The van der Waals surface area contributed by atoms with E-state index in [1.165, 1.54) is 0 Å². The van der Waals surface area contributed by atoms with Crippen molar-refractivity contribution in [3.63, 3.8) is 0 Å². The maximum atomic E-state index is 11.9. The topological polar surface area (TPSA) is 41.1 Å². The SMILES string of the molecule is CCC(C)(C)NC(=O)C1CCC(C)NC1. The molecule has 2 atom stereocenters. The second-order valence-electron chi connectivity index (χ2n) is 5.31. The molecular formula is C12H24N2O. The van der Waals surface area contributed by atoms with Crippen LogP contribution in [0.4, 0.5) is 0 Å². The highest BCUT2D eigenvalue weighted by molar-refractivity contribution is 5.79. The summed E-state index contributed by atoms with van der Waals surface area (Å²) < 4.78 is 0. The molecule has 0 aromatic rings. The van der Waals surface area contributed by atoms with E-state index in [0.717, 1.165) is 25.8 Å². The largest absolute Gasteiger partial charge is 0.351 e. The van der Waals surface area contributed by atoms with Crippen LogP contribution in [-0.2, 0) is 4.79 Å². The Kier molecular flexibility index (Phi) is 4.14. The van der Waals surface area contributed by atoms with E-state index in [4.69, 9.17) is 0 Å². The molecule has 0 radical (unpaired) electrons. The molecule has 3 nitrogen and oxygen atoms in total. The third-order valence-corrected chi connectivity index (χ3v) is 3.38. The first-order chi connectivity index (χ1) is 6.94. The van der Waals surface area contributed by atoms with Crippen molar-refractivity contribution in [2.75, 3.05) is 6.54 Å². The van der Waals surface area contributed by atoms with E-state index in [0.29, 0.717) is 6.04 Å². The van der Waals surface area contributed by atoms with Crippen LogP contribution in [-0.4, -0.2) is 24.0 Å². The van der Waals surface area contributed by atoms with Crippen LogP contribution in [0.5, 0.6) is 0 Å². The van der Waals surface area contributed by atoms with Crippen LogP contribution in [0.2, 0.25) is 0 Å². The Morgan fingerprint density at radius 3 is 2.60 bits per heavy atom. The van der Waals surface area contributed by atoms with Gasteiger partial charge in [-0.3, -0.25) is 4.79 Å². The van der Waals surface area contributed by atoms with Gasteiger partial charge in [-0.15, -0.1) is 0 Å². The van der Waals surface area contributed by atoms with Crippen LogP contribution in [0.1, 0.15) is 47.0 Å². The monoisotopic (exact) mass is 212 g/mol. The predicted octanol–water partition coefficient (Wildman–Crippen LogP) is 1.68. The van der Waals surface area contributed by atoms with E-state index >= 15 is 0 Å². The maximum absolute atomic E-state index is 11.9. The second-order valence-corrected chi connectivity index (χ2v) is 5.31. The number of carbonyl (C=O) groups excluding carboxylic acids is 1. The molecule has 1 saturated heterocycles. The van der Waals surface area contributed by atoms with Crippen molar-refractivity contribution in [1.82, 2.24) is 10.6 Å². The molecule has 1 amide bonds. The summed E-state index contributed by atoms with van der Waals surface area (Å²) in [6, 6.07) is 0.563. The van der Waals surface area contributed by atoms with Crippen LogP contribution in [0.3, 0.4) is 0 Å². The van der Waals surface area contributed by atoms with E-state index < -0.39 is 0 Å². The normalized spacial score (nSPS) is 27.5. The van der Waals surface area contributed by atoms with Gasteiger partial charge < -0.3 is 10.6 Å². The molecule has 0 aromatic heterocycles. The van der Waals surface area contributed by atoms with Crippen LogP contribution in [0.15, 0.2) is 0 Å². The van der Waals surface area contributed by atoms with Crippen molar-refractivity contribution in [3.8, 4) is 0 Å². The first-order valence-electron chi connectivity index (χ1n) is 6.00. The molecule has 0 spiro atoms. The molecular weight excluding hydrogens is 188 g/mol. The maximum Gasteiger partial charge on any atom is 0.224 e. The third-order valence-electron chi connectivity index (χ3n) is 3.38. The van der Waals surface area contributed by atoms with E-state index in [9.17, 15) is 4.79 Å². The van der Waals surface area contributed by atoms with Gasteiger partial charge in [0.25, 0.3) is 0 Å². The quantitative estimate of drug-likeness (QED) is 0.747. The highest BCUT2D eigenvalue weighted by atomic mass is 16.2. The van der Waals surface area contributed by atoms with Crippen LogP contribution in [0.25, 0.3) is 0 Å². The Bertz CT molecular complexity index is 218. The van der Waals surface area contributed by atoms with Crippen LogP contribution in [0, 0.1) is 5.92 Å². The summed E-state index contributed by atoms with van der Waals surface area (Å²) in [4.78, 5) is 11.9. The zero-order chi connectivity index (χ0) is 11.5. The molecule has 1 fully saturated rings. The van der Waals surface area contributed by atoms with Gasteiger partial charge >= 0.3 is 0 Å². The summed E-state index contributed by atoms with van der Waals surface area (Å²) in [6.45, 7) is 9.24. The average molecular weight is 212 g/mol. The Balaban J connectivity index is 2.41. The standard InChI is InChI=1S/C12H24N2O/c1-5-12(3,4)14-11(15)10-7-6-9(2)13-8-10/h9-10,13H,5-8H2,1-4H3,(H,14,15). The minimum Gasteiger partial charge on any atom is -0.351 e. The van der Waals surface area contributed by atoms with E-state index in [1.54, 1.807) is 0 Å². The van der Waals surface area contributed by atoms with Crippen molar-refractivity contribution in [3.05, 3.63) is 0 Å². The van der Waals surface area contributed by atoms with Crippen molar-refractivity contribution < 1.29 is 4.79 Å². The minimum atomic E-state index is -0.0693. The number of amides is 1. The smallest absolute Gasteiger partial charge is 0.224 e. The minimum absolute atomic E-state index is 0.0693. The Morgan fingerprint density at radius 2 is 2.13 bits per heavy atom. The summed E-state index contributed by atoms with van der Waals surface area (Å²) >= 11 is 0. The van der Waals surface area contributed by atoms with Gasteiger partial charge in [-0.1, -0.05) is 6.92 Å². The molecule has 3 heteroatoms. The number of rotatable bonds is 3. The molecule has 0 aliphatic carbocycles. The lowest BCUT2D eigenvalue weighted by atomic mass is 9.93. The Labute approximate surface area is 93.0 Å². The number of piperidine rings is 1. The Hall–Kier alpha value is -0.570. The number of nitrogens with one attached hydrogen (secondary N) is 2. The van der Waals surface area contributed by atoms with E-state index in [-0.39, 0.29) is 17.4 Å². The van der Waals surface area contributed by atoms with Crippen LogP contribution < -0.4 is 10.6 Å². The van der Waals surface area contributed by atoms with Gasteiger partial charge in [-0.2, -0.15) is 0 Å². The fraction of sp³-hybridized carbons (Fsp3) is 0.917. The molecule has 0 aromatic carbocycles. The molecule has 88 valence electrons. The summed E-state index contributed by atoms with van der Waals surface area (Å²) in [5.41, 5.74) is -0.0693.